The molecule has 1 atom stereocenters. The smallest absolute Gasteiger partial charge is 0.251 e. The van der Waals surface area contributed by atoms with Crippen molar-refractivity contribution in [3.63, 3.8) is 0 Å². The van der Waals surface area contributed by atoms with E-state index in [0.29, 0.717) is 23.8 Å². The van der Waals surface area contributed by atoms with Gasteiger partial charge < -0.3 is 20.9 Å². The first-order valence-corrected chi connectivity index (χ1v) is 10.2. The van der Waals surface area contributed by atoms with E-state index in [1.807, 2.05) is 6.07 Å². The number of ether oxygens (including phenoxy) is 2. The third kappa shape index (κ3) is 4.34. The second-order valence-electron chi connectivity index (χ2n) is 7.14. The molecule has 1 aromatic carbocycles. The van der Waals surface area contributed by atoms with E-state index < -0.39 is 5.91 Å². The third-order valence-corrected chi connectivity index (χ3v) is 6.54. The number of rotatable bonds is 9. The minimum absolute atomic E-state index is 0.0467. The fraction of sp³-hybridized carbons (Fsp3) is 0.476. The van der Waals surface area contributed by atoms with E-state index in [-0.39, 0.29) is 5.41 Å². The van der Waals surface area contributed by atoms with Gasteiger partial charge in [-0.15, -0.1) is 11.3 Å². The Labute approximate surface area is 164 Å². The Morgan fingerprint density at radius 3 is 2.70 bits per heavy atom. The van der Waals surface area contributed by atoms with Gasteiger partial charge in [0.15, 0.2) is 0 Å². The number of fused-ring (bicyclic) bond motifs is 1. The van der Waals surface area contributed by atoms with Crippen molar-refractivity contribution in [1.82, 2.24) is 0 Å². The number of methoxy groups -OCH3 is 1. The maximum atomic E-state index is 11.8. The second-order valence-corrected chi connectivity index (χ2v) is 8.28. The third-order valence-electron chi connectivity index (χ3n) is 5.48. The van der Waals surface area contributed by atoms with Crippen LogP contribution in [0.3, 0.4) is 0 Å². The maximum absolute atomic E-state index is 11.8. The van der Waals surface area contributed by atoms with E-state index in [9.17, 15) is 4.79 Å². The van der Waals surface area contributed by atoms with Crippen LogP contribution in [0.4, 0.5) is 5.00 Å². The fourth-order valence-electron chi connectivity index (χ4n) is 4.12. The van der Waals surface area contributed by atoms with Crippen LogP contribution in [-0.4, -0.2) is 32.8 Å². The van der Waals surface area contributed by atoms with Crippen molar-refractivity contribution in [3.05, 3.63) is 51.9 Å². The summed E-state index contributed by atoms with van der Waals surface area (Å²) in [5, 5.41) is 0.555. The molecule has 4 N–H and O–H groups in total. The van der Waals surface area contributed by atoms with Gasteiger partial charge in [-0.3, -0.25) is 4.79 Å². The number of primary amides is 1. The number of nitrogen functional groups attached to an aromatic ring is 1. The van der Waals surface area contributed by atoms with Crippen LogP contribution in [0.15, 0.2) is 30.3 Å². The van der Waals surface area contributed by atoms with Crippen molar-refractivity contribution in [2.45, 2.75) is 37.5 Å². The average molecular weight is 389 g/mol. The molecule has 0 spiro atoms. The average Bonchev–Trinajstić information content (AvgIpc) is 3.00. The lowest BCUT2D eigenvalue weighted by molar-refractivity contribution is 0.0658. The minimum atomic E-state index is -0.413. The van der Waals surface area contributed by atoms with E-state index >= 15 is 0 Å². The number of carbonyl (C=O) groups excluding carboxylic acids is 1. The van der Waals surface area contributed by atoms with Crippen LogP contribution in [0.2, 0.25) is 0 Å². The molecular weight excluding hydrogens is 360 g/mol. The Hall–Kier alpha value is -1.89. The van der Waals surface area contributed by atoms with Crippen molar-refractivity contribution in [2.24, 2.45) is 5.73 Å². The van der Waals surface area contributed by atoms with Crippen LogP contribution in [0.25, 0.3) is 0 Å². The highest BCUT2D eigenvalue weighted by Gasteiger charge is 2.38. The summed E-state index contributed by atoms with van der Waals surface area (Å²) in [4.78, 5) is 13.0. The zero-order valence-corrected chi connectivity index (χ0v) is 16.6. The molecule has 0 saturated carbocycles. The summed E-state index contributed by atoms with van der Waals surface area (Å²) in [5.74, 6) is -0.413. The highest BCUT2D eigenvalue weighted by Crippen LogP contribution is 2.46. The van der Waals surface area contributed by atoms with Crippen LogP contribution in [0.5, 0.6) is 0 Å². The van der Waals surface area contributed by atoms with Gasteiger partial charge in [-0.2, -0.15) is 0 Å². The molecule has 1 aliphatic rings. The summed E-state index contributed by atoms with van der Waals surface area (Å²) in [5.41, 5.74) is 14.7. The van der Waals surface area contributed by atoms with Crippen molar-refractivity contribution in [3.8, 4) is 0 Å². The summed E-state index contributed by atoms with van der Waals surface area (Å²) in [6.07, 6.45) is 4.73. The van der Waals surface area contributed by atoms with Gasteiger partial charge in [-0.05, 0) is 43.2 Å². The number of benzene rings is 1. The summed E-state index contributed by atoms with van der Waals surface area (Å²) >= 11 is 1.52. The molecule has 3 rings (SSSR count). The highest BCUT2D eigenvalue weighted by molar-refractivity contribution is 7.16. The van der Waals surface area contributed by atoms with Crippen molar-refractivity contribution < 1.29 is 14.3 Å². The predicted molar refractivity (Wildman–Crippen MR) is 109 cm³/mol. The molecule has 1 unspecified atom stereocenters. The normalized spacial score (nSPS) is 19.0. The first-order chi connectivity index (χ1) is 13.1. The fourth-order valence-corrected chi connectivity index (χ4v) is 5.39. The Morgan fingerprint density at radius 1 is 1.22 bits per heavy atom. The first-order valence-electron chi connectivity index (χ1n) is 9.39. The van der Waals surface area contributed by atoms with E-state index in [1.54, 1.807) is 7.11 Å². The topological polar surface area (TPSA) is 87.6 Å². The van der Waals surface area contributed by atoms with E-state index in [2.05, 4.69) is 24.3 Å². The highest BCUT2D eigenvalue weighted by atomic mass is 32.1. The van der Waals surface area contributed by atoms with Crippen LogP contribution in [0.1, 0.15) is 45.6 Å². The molecule has 2 aromatic rings. The zero-order chi connectivity index (χ0) is 19.3. The van der Waals surface area contributed by atoms with Gasteiger partial charge in [0.05, 0.1) is 23.8 Å². The van der Waals surface area contributed by atoms with Crippen molar-refractivity contribution in [2.75, 3.05) is 32.7 Å². The number of hydrogen-bond acceptors (Lipinski definition) is 5. The van der Waals surface area contributed by atoms with Crippen LogP contribution < -0.4 is 11.5 Å². The van der Waals surface area contributed by atoms with Gasteiger partial charge in [-0.1, -0.05) is 30.3 Å². The summed E-state index contributed by atoms with van der Waals surface area (Å²) in [7, 11) is 1.68. The molecule has 5 nitrogen and oxygen atoms in total. The minimum Gasteiger partial charge on any atom is -0.390 e. The standard InChI is InChI=1S/C21H28N2O3S/c1-25-12-13-26-11-5-9-21(15-6-3-2-4-7-15)10-8-16-17(14-21)27-20(23)18(16)19(22)24/h2-4,6-7H,5,8-14,23H2,1H3,(H2,22,24). The van der Waals surface area contributed by atoms with Crippen molar-refractivity contribution >= 4 is 22.2 Å². The number of anilines is 1. The number of nitrogens with two attached hydrogens (primary N) is 2. The van der Waals surface area contributed by atoms with Gasteiger partial charge >= 0.3 is 0 Å². The molecule has 1 aliphatic carbocycles. The largest absolute Gasteiger partial charge is 0.390 e. The lowest BCUT2D eigenvalue weighted by Gasteiger charge is -2.38. The zero-order valence-electron chi connectivity index (χ0n) is 15.8. The molecule has 146 valence electrons. The quantitative estimate of drug-likeness (QED) is 0.645. The Morgan fingerprint density at radius 2 is 2.00 bits per heavy atom. The van der Waals surface area contributed by atoms with Gasteiger partial charge in [0, 0.05) is 24.0 Å². The van der Waals surface area contributed by atoms with E-state index in [0.717, 1.165) is 44.3 Å². The number of thiophene rings is 1. The van der Waals surface area contributed by atoms with E-state index in [1.165, 1.54) is 21.8 Å². The van der Waals surface area contributed by atoms with Gasteiger partial charge in [0.2, 0.25) is 0 Å². The van der Waals surface area contributed by atoms with Gasteiger partial charge in [0.25, 0.3) is 5.91 Å². The predicted octanol–water partition coefficient (Wildman–Crippen LogP) is 3.30. The van der Waals surface area contributed by atoms with E-state index in [4.69, 9.17) is 20.9 Å². The Bertz CT molecular complexity index is 775. The molecule has 0 radical (unpaired) electrons. The molecule has 0 fully saturated rings. The van der Waals surface area contributed by atoms with Gasteiger partial charge in [0.1, 0.15) is 0 Å². The van der Waals surface area contributed by atoms with Crippen LogP contribution >= 0.6 is 11.3 Å². The van der Waals surface area contributed by atoms with Crippen LogP contribution in [-0.2, 0) is 27.7 Å². The molecule has 1 amide bonds. The Kier molecular flexibility index (Phi) is 6.52. The summed E-state index contributed by atoms with van der Waals surface area (Å²) < 4.78 is 10.7. The maximum Gasteiger partial charge on any atom is 0.251 e. The van der Waals surface area contributed by atoms with Crippen molar-refractivity contribution in [1.29, 1.82) is 0 Å². The first kappa shape index (κ1) is 19.9. The molecule has 6 heteroatoms. The lowest BCUT2D eigenvalue weighted by atomic mass is 9.67. The molecule has 27 heavy (non-hydrogen) atoms. The van der Waals surface area contributed by atoms with Gasteiger partial charge in [-0.25, -0.2) is 0 Å². The Balaban J connectivity index is 1.80. The number of hydrogen-bond donors (Lipinski definition) is 2. The molecular formula is C21H28N2O3S. The molecule has 0 saturated heterocycles. The molecule has 1 aromatic heterocycles. The monoisotopic (exact) mass is 388 g/mol. The molecule has 0 aliphatic heterocycles. The lowest BCUT2D eigenvalue weighted by Crippen LogP contribution is -2.34. The number of carbonyl (C=O) groups is 1. The number of amides is 1. The SMILES string of the molecule is COCCOCCCC1(c2ccccc2)CCc2c(sc(N)c2C(N)=O)C1. The molecule has 1 heterocycles. The second kappa shape index (κ2) is 8.87. The summed E-state index contributed by atoms with van der Waals surface area (Å²) in [6.45, 7) is 1.98. The molecule has 0 bridgehead atoms. The summed E-state index contributed by atoms with van der Waals surface area (Å²) in [6, 6.07) is 10.7. The van der Waals surface area contributed by atoms with Crippen LogP contribution in [0, 0.1) is 0 Å².